The standard InChI is InChI=1S/C18H19ClN4O5S/c1-21-7-9-22(10-8-21)29(27,28)17-11-13(5-6-16(17)19)18(24)20-14-3-2-4-15(12-14)23(25)26/h2-6,11-12H,7-10H2,1H3,(H,20,24). The van der Waals surface area contributed by atoms with Crippen LogP contribution < -0.4 is 5.32 Å². The number of nitrogens with zero attached hydrogens (tertiary/aromatic N) is 3. The van der Waals surface area contributed by atoms with Gasteiger partial charge in [-0.2, -0.15) is 4.31 Å². The molecule has 3 rings (SSSR count). The summed E-state index contributed by atoms with van der Waals surface area (Å²) in [7, 11) is -1.95. The van der Waals surface area contributed by atoms with Crippen LogP contribution in [0.5, 0.6) is 0 Å². The lowest BCUT2D eigenvalue weighted by atomic mass is 10.2. The Morgan fingerprint density at radius 3 is 2.48 bits per heavy atom. The molecule has 0 aliphatic carbocycles. The van der Waals surface area contributed by atoms with Crippen LogP contribution in [-0.2, 0) is 10.0 Å². The number of anilines is 1. The molecule has 0 saturated carbocycles. The van der Waals surface area contributed by atoms with Crippen molar-refractivity contribution in [3.63, 3.8) is 0 Å². The van der Waals surface area contributed by atoms with Crippen LogP contribution in [0.2, 0.25) is 5.02 Å². The minimum Gasteiger partial charge on any atom is -0.322 e. The number of halogens is 1. The van der Waals surface area contributed by atoms with Crippen molar-refractivity contribution in [3.05, 3.63) is 63.2 Å². The molecule has 1 aliphatic heterocycles. The van der Waals surface area contributed by atoms with Crippen molar-refractivity contribution in [2.45, 2.75) is 4.90 Å². The molecule has 0 atom stereocenters. The summed E-state index contributed by atoms with van der Waals surface area (Å²) in [6.07, 6.45) is 0. The molecule has 0 radical (unpaired) electrons. The van der Waals surface area contributed by atoms with E-state index < -0.39 is 20.9 Å². The Morgan fingerprint density at radius 2 is 1.83 bits per heavy atom. The smallest absolute Gasteiger partial charge is 0.271 e. The number of piperazine rings is 1. The third-order valence-electron chi connectivity index (χ3n) is 4.59. The number of nitrogens with one attached hydrogen (secondary N) is 1. The Morgan fingerprint density at radius 1 is 1.14 bits per heavy atom. The summed E-state index contributed by atoms with van der Waals surface area (Å²) in [6.45, 7) is 1.87. The molecular formula is C18H19ClN4O5S. The van der Waals surface area contributed by atoms with Gasteiger partial charge in [-0.15, -0.1) is 0 Å². The van der Waals surface area contributed by atoms with Crippen molar-refractivity contribution in [1.82, 2.24) is 9.21 Å². The van der Waals surface area contributed by atoms with Crippen molar-refractivity contribution in [3.8, 4) is 0 Å². The highest BCUT2D eigenvalue weighted by Gasteiger charge is 2.30. The van der Waals surface area contributed by atoms with Gasteiger partial charge in [0.15, 0.2) is 0 Å². The molecule has 1 heterocycles. The van der Waals surface area contributed by atoms with Crippen molar-refractivity contribution >= 4 is 38.9 Å². The minimum absolute atomic E-state index is 0.0239. The van der Waals surface area contributed by atoms with Crippen molar-refractivity contribution in [2.75, 3.05) is 38.5 Å². The van der Waals surface area contributed by atoms with E-state index in [0.717, 1.165) is 0 Å². The normalized spacial score (nSPS) is 15.8. The number of carbonyl (C=O) groups excluding carboxylic acids is 1. The van der Waals surface area contributed by atoms with Gasteiger partial charge in [0.2, 0.25) is 10.0 Å². The zero-order valence-corrected chi connectivity index (χ0v) is 17.1. The fraction of sp³-hybridized carbons (Fsp3) is 0.278. The molecule has 2 aromatic carbocycles. The highest BCUT2D eigenvalue weighted by atomic mass is 35.5. The van der Waals surface area contributed by atoms with Crippen LogP contribution in [-0.4, -0.2) is 61.7 Å². The molecule has 2 aromatic rings. The first kappa shape index (κ1) is 21.2. The fourth-order valence-corrected chi connectivity index (χ4v) is 4.83. The Balaban J connectivity index is 1.86. The molecule has 11 heteroatoms. The third-order valence-corrected chi connectivity index (χ3v) is 6.97. The molecule has 1 saturated heterocycles. The lowest BCUT2D eigenvalue weighted by molar-refractivity contribution is -0.384. The number of rotatable bonds is 5. The van der Waals surface area contributed by atoms with Crippen molar-refractivity contribution in [1.29, 1.82) is 0 Å². The van der Waals surface area contributed by atoms with Crippen LogP contribution >= 0.6 is 11.6 Å². The van der Waals surface area contributed by atoms with Gasteiger partial charge in [0.1, 0.15) is 4.90 Å². The first-order valence-electron chi connectivity index (χ1n) is 8.72. The van der Waals surface area contributed by atoms with Gasteiger partial charge >= 0.3 is 0 Å². The summed E-state index contributed by atoms with van der Waals surface area (Å²) in [4.78, 5) is 24.8. The van der Waals surface area contributed by atoms with E-state index in [9.17, 15) is 23.3 Å². The number of non-ortho nitro benzene ring substituents is 1. The monoisotopic (exact) mass is 438 g/mol. The van der Waals surface area contributed by atoms with E-state index in [-0.39, 0.29) is 26.9 Å². The van der Waals surface area contributed by atoms with E-state index in [1.54, 1.807) is 0 Å². The molecule has 1 aliphatic rings. The quantitative estimate of drug-likeness (QED) is 0.566. The fourth-order valence-electron chi connectivity index (χ4n) is 2.91. The molecular weight excluding hydrogens is 420 g/mol. The zero-order valence-electron chi connectivity index (χ0n) is 15.5. The Labute approximate surface area is 173 Å². The number of hydrogen-bond acceptors (Lipinski definition) is 6. The number of nitro groups is 1. The third kappa shape index (κ3) is 4.73. The molecule has 9 nitrogen and oxygen atoms in total. The van der Waals surface area contributed by atoms with E-state index in [1.165, 1.54) is 46.8 Å². The summed E-state index contributed by atoms with van der Waals surface area (Å²) < 4.78 is 27.3. The Kier molecular flexibility index (Phi) is 6.18. The van der Waals surface area contributed by atoms with E-state index in [4.69, 9.17) is 11.6 Å². The van der Waals surface area contributed by atoms with Crippen LogP contribution in [0, 0.1) is 10.1 Å². The van der Waals surface area contributed by atoms with Crippen LogP contribution in [0.1, 0.15) is 10.4 Å². The number of hydrogen-bond donors (Lipinski definition) is 1. The average Bonchev–Trinajstić information content (AvgIpc) is 2.68. The molecule has 1 fully saturated rings. The van der Waals surface area contributed by atoms with Gasteiger partial charge in [0, 0.05) is 49.6 Å². The van der Waals surface area contributed by atoms with Gasteiger partial charge in [-0.25, -0.2) is 8.42 Å². The van der Waals surface area contributed by atoms with Gasteiger partial charge in [0.05, 0.1) is 9.95 Å². The zero-order chi connectivity index (χ0) is 21.2. The van der Waals surface area contributed by atoms with E-state index >= 15 is 0 Å². The summed E-state index contributed by atoms with van der Waals surface area (Å²) >= 11 is 6.13. The highest BCUT2D eigenvalue weighted by Crippen LogP contribution is 2.27. The van der Waals surface area contributed by atoms with E-state index in [0.29, 0.717) is 26.2 Å². The van der Waals surface area contributed by atoms with Crippen molar-refractivity contribution < 1.29 is 18.1 Å². The van der Waals surface area contributed by atoms with Crippen LogP contribution in [0.4, 0.5) is 11.4 Å². The first-order valence-corrected chi connectivity index (χ1v) is 10.5. The summed E-state index contributed by atoms with van der Waals surface area (Å²) in [6, 6.07) is 9.45. The Hall–Kier alpha value is -2.53. The van der Waals surface area contributed by atoms with Gasteiger partial charge in [-0.05, 0) is 31.3 Å². The summed E-state index contributed by atoms with van der Waals surface area (Å²) in [5.41, 5.74) is 0.133. The second kappa shape index (κ2) is 8.46. The summed E-state index contributed by atoms with van der Waals surface area (Å²) in [5, 5.41) is 13.4. The number of nitro benzene ring substituents is 1. The van der Waals surface area contributed by atoms with Crippen LogP contribution in [0.3, 0.4) is 0 Å². The van der Waals surface area contributed by atoms with Gasteiger partial charge in [-0.3, -0.25) is 14.9 Å². The molecule has 29 heavy (non-hydrogen) atoms. The lowest BCUT2D eigenvalue weighted by Gasteiger charge is -2.31. The minimum atomic E-state index is -3.86. The summed E-state index contributed by atoms with van der Waals surface area (Å²) in [5.74, 6) is -0.600. The second-order valence-electron chi connectivity index (χ2n) is 6.61. The van der Waals surface area contributed by atoms with Gasteiger partial charge in [0.25, 0.3) is 11.6 Å². The Bertz CT molecular complexity index is 1050. The maximum absolute atomic E-state index is 13.0. The molecule has 0 spiro atoms. The van der Waals surface area contributed by atoms with Crippen LogP contribution in [0.15, 0.2) is 47.4 Å². The maximum atomic E-state index is 13.0. The van der Waals surface area contributed by atoms with Crippen molar-refractivity contribution in [2.24, 2.45) is 0 Å². The maximum Gasteiger partial charge on any atom is 0.271 e. The van der Waals surface area contributed by atoms with E-state index in [2.05, 4.69) is 5.32 Å². The highest BCUT2D eigenvalue weighted by molar-refractivity contribution is 7.89. The molecule has 0 aromatic heterocycles. The SMILES string of the molecule is CN1CCN(S(=O)(=O)c2cc(C(=O)Nc3cccc([N+](=O)[O-])c3)ccc2Cl)CC1. The molecule has 1 amide bonds. The average molecular weight is 439 g/mol. The number of likely N-dealkylation sites (N-methyl/N-ethyl adjacent to an activating group) is 1. The predicted molar refractivity (Wildman–Crippen MR) is 109 cm³/mol. The number of carbonyl (C=O) groups is 1. The van der Waals surface area contributed by atoms with Gasteiger partial charge in [-0.1, -0.05) is 17.7 Å². The largest absolute Gasteiger partial charge is 0.322 e. The topological polar surface area (TPSA) is 113 Å². The molecule has 0 bridgehead atoms. The van der Waals surface area contributed by atoms with Crippen LogP contribution in [0.25, 0.3) is 0 Å². The second-order valence-corrected chi connectivity index (χ2v) is 8.93. The predicted octanol–water partition coefficient (Wildman–Crippen LogP) is 2.44. The molecule has 1 N–H and O–H groups in total. The number of sulfonamides is 1. The molecule has 0 unspecified atom stereocenters. The molecule has 154 valence electrons. The number of benzene rings is 2. The van der Waals surface area contributed by atoms with E-state index in [1.807, 2.05) is 11.9 Å². The van der Waals surface area contributed by atoms with Gasteiger partial charge < -0.3 is 10.2 Å². The lowest BCUT2D eigenvalue weighted by Crippen LogP contribution is -2.47. The number of amides is 1. The first-order chi connectivity index (χ1) is 13.7.